The van der Waals surface area contributed by atoms with E-state index in [2.05, 4.69) is 15.3 Å². The minimum atomic E-state index is -0.156. The molecule has 0 bridgehead atoms. The van der Waals surface area contributed by atoms with E-state index in [9.17, 15) is 9.59 Å². The Morgan fingerprint density at radius 2 is 2.04 bits per heavy atom. The zero-order chi connectivity index (χ0) is 16.7. The van der Waals surface area contributed by atoms with Crippen LogP contribution in [0.2, 0.25) is 0 Å². The molecule has 0 aliphatic carbocycles. The summed E-state index contributed by atoms with van der Waals surface area (Å²) in [6.07, 6.45) is 1.47. The number of carbonyl (C=O) groups excluding carboxylic acids is 2. The zero-order valence-corrected chi connectivity index (χ0v) is 13.0. The van der Waals surface area contributed by atoms with Crippen LogP contribution in [0.15, 0.2) is 36.5 Å². The predicted octanol–water partition coefficient (Wildman–Crippen LogP) is 0.544. The number of hydrogen-bond donors (Lipinski definition) is 2. The summed E-state index contributed by atoms with van der Waals surface area (Å²) in [6.45, 7) is 1.64. The Morgan fingerprint density at radius 3 is 2.79 bits per heavy atom. The first-order valence-electron chi connectivity index (χ1n) is 7.88. The van der Waals surface area contributed by atoms with Gasteiger partial charge in [-0.25, -0.2) is 9.97 Å². The normalized spacial score (nSPS) is 22.3. The predicted molar refractivity (Wildman–Crippen MR) is 87.8 cm³/mol. The maximum Gasteiger partial charge on any atom is 0.257 e. The van der Waals surface area contributed by atoms with Gasteiger partial charge in [-0.1, -0.05) is 30.3 Å². The second-order valence-corrected chi connectivity index (χ2v) is 6.18. The fourth-order valence-electron chi connectivity index (χ4n) is 3.44. The molecule has 0 unspecified atom stereocenters. The molecule has 0 radical (unpaired) electrons. The van der Waals surface area contributed by atoms with E-state index in [1.165, 1.54) is 6.20 Å². The number of aromatic nitrogens is 2. The molecule has 3 N–H and O–H groups in total. The Labute approximate surface area is 138 Å². The molecule has 2 amide bonds. The summed E-state index contributed by atoms with van der Waals surface area (Å²) < 4.78 is 0. The topological polar surface area (TPSA) is 101 Å². The van der Waals surface area contributed by atoms with Crippen molar-refractivity contribution in [2.75, 3.05) is 25.4 Å². The lowest BCUT2D eigenvalue weighted by atomic mass is 10.0. The molecule has 2 atom stereocenters. The molecule has 7 nitrogen and oxygen atoms in total. The first kappa shape index (κ1) is 14.6. The maximum atomic E-state index is 13.0. The monoisotopic (exact) mass is 323 g/mol. The Kier molecular flexibility index (Phi) is 3.41. The fourth-order valence-corrected chi connectivity index (χ4v) is 3.44. The molecule has 2 aliphatic rings. The number of nitrogen functional groups attached to an aromatic ring is 1. The summed E-state index contributed by atoms with van der Waals surface area (Å²) in [5.41, 5.74) is 7.46. The number of benzene rings is 1. The van der Waals surface area contributed by atoms with Gasteiger partial charge in [-0.3, -0.25) is 9.59 Å². The highest BCUT2D eigenvalue weighted by molar-refractivity contribution is 6.00. The van der Waals surface area contributed by atoms with Gasteiger partial charge in [0.25, 0.3) is 5.91 Å². The van der Waals surface area contributed by atoms with Crippen molar-refractivity contribution < 1.29 is 9.59 Å². The third-order valence-electron chi connectivity index (χ3n) is 4.69. The number of nitrogens with two attached hydrogens (primary N) is 1. The highest BCUT2D eigenvalue weighted by atomic mass is 16.2. The summed E-state index contributed by atoms with van der Waals surface area (Å²) in [4.78, 5) is 34.7. The third kappa shape index (κ3) is 2.38. The molecule has 4 rings (SSSR count). The van der Waals surface area contributed by atoms with Gasteiger partial charge >= 0.3 is 0 Å². The number of rotatable bonds is 2. The molecule has 1 aromatic carbocycles. The van der Waals surface area contributed by atoms with Crippen molar-refractivity contribution in [1.29, 1.82) is 0 Å². The lowest BCUT2D eigenvalue weighted by Gasteiger charge is -2.19. The van der Waals surface area contributed by atoms with E-state index in [1.807, 2.05) is 30.3 Å². The van der Waals surface area contributed by atoms with E-state index in [0.29, 0.717) is 30.9 Å². The van der Waals surface area contributed by atoms with Gasteiger partial charge in [-0.2, -0.15) is 0 Å². The molecule has 2 aromatic rings. The molecule has 7 heteroatoms. The number of anilines is 1. The standard InChI is InChI=1S/C17H17N5O2/c18-17-20-7-12(14(21-17)10-4-2-1-3-5-10)16(24)22-8-11-6-19-15(23)13(11)9-22/h1-5,7,11,13H,6,8-9H2,(H,19,23)(H2,18,20,21)/t11-,13+/m0/s1. The van der Waals surface area contributed by atoms with Gasteiger partial charge in [-0.15, -0.1) is 0 Å². The van der Waals surface area contributed by atoms with E-state index < -0.39 is 0 Å². The van der Waals surface area contributed by atoms with Crippen molar-refractivity contribution in [1.82, 2.24) is 20.2 Å². The average Bonchev–Trinajstić information content (AvgIpc) is 3.17. The smallest absolute Gasteiger partial charge is 0.257 e. The van der Waals surface area contributed by atoms with Crippen LogP contribution in [0.25, 0.3) is 11.3 Å². The minimum absolute atomic E-state index is 0.0344. The number of nitrogens with one attached hydrogen (secondary N) is 1. The Morgan fingerprint density at radius 1 is 1.25 bits per heavy atom. The SMILES string of the molecule is Nc1ncc(C(=O)N2C[C@@H]3CNC(=O)[C@@H]3C2)c(-c2ccccc2)n1. The van der Waals surface area contributed by atoms with Gasteiger partial charge in [0.05, 0.1) is 17.2 Å². The molecule has 24 heavy (non-hydrogen) atoms. The first-order chi connectivity index (χ1) is 11.6. The van der Waals surface area contributed by atoms with E-state index in [4.69, 9.17) is 5.73 Å². The first-order valence-corrected chi connectivity index (χ1v) is 7.88. The highest BCUT2D eigenvalue weighted by Crippen LogP contribution is 2.30. The van der Waals surface area contributed by atoms with E-state index >= 15 is 0 Å². The van der Waals surface area contributed by atoms with Crippen molar-refractivity contribution in [2.45, 2.75) is 0 Å². The van der Waals surface area contributed by atoms with Crippen molar-refractivity contribution in [3.63, 3.8) is 0 Å². The lowest BCUT2D eigenvalue weighted by Crippen LogP contribution is -2.34. The van der Waals surface area contributed by atoms with Crippen molar-refractivity contribution in [3.8, 4) is 11.3 Å². The van der Waals surface area contributed by atoms with Crippen LogP contribution in [-0.2, 0) is 4.79 Å². The van der Waals surface area contributed by atoms with Crippen molar-refractivity contribution >= 4 is 17.8 Å². The number of fused-ring (bicyclic) bond motifs is 1. The largest absolute Gasteiger partial charge is 0.368 e. The molecule has 2 aliphatic heterocycles. The van der Waals surface area contributed by atoms with Crippen LogP contribution in [0.1, 0.15) is 10.4 Å². The molecule has 3 heterocycles. The van der Waals surface area contributed by atoms with Crippen LogP contribution < -0.4 is 11.1 Å². The summed E-state index contributed by atoms with van der Waals surface area (Å²) >= 11 is 0. The van der Waals surface area contributed by atoms with Crippen molar-refractivity contribution in [2.24, 2.45) is 11.8 Å². The van der Waals surface area contributed by atoms with E-state index in [-0.39, 0.29) is 29.6 Å². The van der Waals surface area contributed by atoms with Crippen LogP contribution in [0.4, 0.5) is 5.95 Å². The van der Waals surface area contributed by atoms with Gasteiger partial charge in [0.15, 0.2) is 0 Å². The summed E-state index contributed by atoms with van der Waals surface area (Å²) in [5, 5.41) is 2.85. The van der Waals surface area contributed by atoms with Gasteiger partial charge < -0.3 is 16.0 Å². The number of nitrogens with zero attached hydrogens (tertiary/aromatic N) is 3. The number of likely N-dealkylation sites (tertiary alicyclic amines) is 1. The number of hydrogen-bond acceptors (Lipinski definition) is 5. The van der Waals surface area contributed by atoms with Crippen LogP contribution in [0.5, 0.6) is 0 Å². The van der Waals surface area contributed by atoms with Crippen molar-refractivity contribution in [3.05, 3.63) is 42.1 Å². The molecule has 122 valence electrons. The Balaban J connectivity index is 1.67. The highest BCUT2D eigenvalue weighted by Gasteiger charge is 2.44. The molecular weight excluding hydrogens is 306 g/mol. The number of amides is 2. The summed E-state index contributed by atoms with van der Waals surface area (Å²) in [6, 6.07) is 9.42. The zero-order valence-electron chi connectivity index (χ0n) is 13.0. The van der Waals surface area contributed by atoms with E-state index in [0.717, 1.165) is 5.56 Å². The van der Waals surface area contributed by atoms with Crippen LogP contribution in [-0.4, -0.2) is 46.3 Å². The fraction of sp³-hybridized carbons (Fsp3) is 0.294. The summed E-state index contributed by atoms with van der Waals surface area (Å²) in [7, 11) is 0. The molecule has 0 spiro atoms. The van der Waals surface area contributed by atoms with Gasteiger partial charge in [0, 0.05) is 37.3 Å². The van der Waals surface area contributed by atoms with E-state index in [1.54, 1.807) is 4.90 Å². The maximum absolute atomic E-state index is 13.0. The molecule has 2 saturated heterocycles. The van der Waals surface area contributed by atoms with Crippen LogP contribution in [0.3, 0.4) is 0 Å². The molecule has 2 fully saturated rings. The molecule has 0 saturated carbocycles. The Bertz CT molecular complexity index is 808. The quantitative estimate of drug-likeness (QED) is 0.840. The van der Waals surface area contributed by atoms with Gasteiger partial charge in [0.1, 0.15) is 0 Å². The van der Waals surface area contributed by atoms with Gasteiger partial charge in [-0.05, 0) is 0 Å². The number of carbonyl (C=O) groups is 2. The van der Waals surface area contributed by atoms with Gasteiger partial charge in [0.2, 0.25) is 11.9 Å². The summed E-state index contributed by atoms with van der Waals surface area (Å²) in [5.74, 6) is 0.0893. The Hall–Kier alpha value is -2.96. The molecular formula is C17H17N5O2. The average molecular weight is 323 g/mol. The van der Waals surface area contributed by atoms with Crippen LogP contribution in [0, 0.1) is 11.8 Å². The second kappa shape index (κ2) is 5.59. The second-order valence-electron chi connectivity index (χ2n) is 6.18. The third-order valence-corrected chi connectivity index (χ3v) is 4.69. The molecule has 1 aromatic heterocycles. The van der Waals surface area contributed by atoms with Crippen LogP contribution >= 0.6 is 0 Å². The lowest BCUT2D eigenvalue weighted by molar-refractivity contribution is -0.122. The minimum Gasteiger partial charge on any atom is -0.368 e.